The van der Waals surface area contributed by atoms with Crippen molar-refractivity contribution in [3.8, 4) is 5.69 Å². The van der Waals surface area contributed by atoms with Gasteiger partial charge in [-0.15, -0.1) is 16.4 Å². The van der Waals surface area contributed by atoms with E-state index < -0.39 is 5.60 Å². The average molecular weight is 293 g/mol. The Balaban J connectivity index is 1.70. The second-order valence-corrected chi connectivity index (χ2v) is 5.92. The average Bonchev–Trinajstić information content (AvgIpc) is 3.16. The van der Waals surface area contributed by atoms with Crippen LogP contribution in [-0.4, -0.2) is 43.4 Å². The highest BCUT2D eigenvalue weighted by molar-refractivity contribution is 7.12. The Bertz CT molecular complexity index is 589. The van der Waals surface area contributed by atoms with Crippen LogP contribution in [0.4, 0.5) is 0 Å². The van der Waals surface area contributed by atoms with Gasteiger partial charge in [-0.1, -0.05) is 12.8 Å². The minimum atomic E-state index is -0.748. The molecule has 0 aromatic carbocycles. The summed E-state index contributed by atoms with van der Waals surface area (Å²) in [6.45, 7) is 0.290. The number of rotatable bonds is 4. The summed E-state index contributed by atoms with van der Waals surface area (Å²) in [5.74, 6) is -0.203. The van der Waals surface area contributed by atoms with Crippen molar-refractivity contribution < 1.29 is 9.90 Å². The van der Waals surface area contributed by atoms with Gasteiger partial charge in [0.15, 0.2) is 0 Å². The van der Waals surface area contributed by atoms with Crippen molar-refractivity contribution >= 4 is 17.2 Å². The van der Waals surface area contributed by atoms with E-state index in [2.05, 4.69) is 20.8 Å². The van der Waals surface area contributed by atoms with Crippen LogP contribution in [0.15, 0.2) is 17.8 Å². The van der Waals surface area contributed by atoms with Gasteiger partial charge >= 0.3 is 0 Å². The zero-order chi connectivity index (χ0) is 14.0. The van der Waals surface area contributed by atoms with Gasteiger partial charge in [0.2, 0.25) is 0 Å². The molecule has 8 heteroatoms. The quantitative estimate of drug-likeness (QED) is 0.868. The fourth-order valence-electron chi connectivity index (χ4n) is 2.46. The van der Waals surface area contributed by atoms with Crippen LogP contribution in [0.5, 0.6) is 0 Å². The largest absolute Gasteiger partial charge is 0.388 e. The number of nitrogens with zero attached hydrogens (tertiary/aromatic N) is 4. The van der Waals surface area contributed by atoms with Gasteiger partial charge in [0, 0.05) is 6.54 Å². The summed E-state index contributed by atoms with van der Waals surface area (Å²) in [6, 6.07) is 1.79. The number of thiophene rings is 1. The fourth-order valence-corrected chi connectivity index (χ4v) is 3.25. The van der Waals surface area contributed by atoms with Gasteiger partial charge in [-0.05, 0) is 34.7 Å². The smallest absolute Gasteiger partial charge is 0.263 e. The Morgan fingerprint density at radius 3 is 3.00 bits per heavy atom. The van der Waals surface area contributed by atoms with Crippen LogP contribution in [0.25, 0.3) is 5.69 Å². The van der Waals surface area contributed by atoms with Crippen molar-refractivity contribution in [2.24, 2.45) is 0 Å². The molecule has 0 spiro atoms. The molecule has 2 N–H and O–H groups in total. The molecule has 3 rings (SSSR count). The highest BCUT2D eigenvalue weighted by Crippen LogP contribution is 2.29. The maximum Gasteiger partial charge on any atom is 0.263 e. The summed E-state index contributed by atoms with van der Waals surface area (Å²) in [7, 11) is 0. The molecule has 1 aliphatic rings. The number of carbonyl (C=O) groups excluding carboxylic acids is 1. The Hall–Kier alpha value is -1.80. The number of hydrogen-bond donors (Lipinski definition) is 2. The van der Waals surface area contributed by atoms with Gasteiger partial charge in [-0.25, -0.2) is 0 Å². The fraction of sp³-hybridized carbons (Fsp3) is 0.500. The lowest BCUT2D eigenvalue weighted by atomic mass is 10.0. The molecule has 0 radical (unpaired) electrons. The molecule has 2 aromatic heterocycles. The molecular formula is C12H15N5O2S. The van der Waals surface area contributed by atoms with Crippen LogP contribution in [0.2, 0.25) is 0 Å². The summed E-state index contributed by atoms with van der Waals surface area (Å²) < 4.78 is 1.45. The molecule has 1 fully saturated rings. The predicted molar refractivity (Wildman–Crippen MR) is 72.8 cm³/mol. The SMILES string of the molecule is O=C(NCC1(O)CCCC1)c1sccc1-n1cnnn1. The van der Waals surface area contributed by atoms with Crippen molar-refractivity contribution in [3.05, 3.63) is 22.7 Å². The lowest BCUT2D eigenvalue weighted by Crippen LogP contribution is -2.40. The zero-order valence-corrected chi connectivity index (χ0v) is 11.6. The second kappa shape index (κ2) is 5.29. The highest BCUT2D eigenvalue weighted by atomic mass is 32.1. The number of aliphatic hydroxyl groups is 1. The summed E-state index contributed by atoms with van der Waals surface area (Å²) in [4.78, 5) is 12.8. The number of nitrogens with one attached hydrogen (secondary N) is 1. The van der Waals surface area contributed by atoms with E-state index in [9.17, 15) is 9.90 Å². The van der Waals surface area contributed by atoms with Crippen LogP contribution in [0.3, 0.4) is 0 Å². The van der Waals surface area contributed by atoms with E-state index in [4.69, 9.17) is 0 Å². The van der Waals surface area contributed by atoms with E-state index in [-0.39, 0.29) is 5.91 Å². The van der Waals surface area contributed by atoms with Gasteiger partial charge in [-0.3, -0.25) is 4.79 Å². The molecule has 0 bridgehead atoms. The van der Waals surface area contributed by atoms with Crippen LogP contribution in [0, 0.1) is 0 Å². The van der Waals surface area contributed by atoms with Crippen LogP contribution in [0.1, 0.15) is 35.4 Å². The summed E-state index contributed by atoms with van der Waals surface area (Å²) in [5, 5.41) is 25.8. The molecule has 0 unspecified atom stereocenters. The number of carbonyl (C=O) groups is 1. The molecule has 0 aliphatic heterocycles. The van der Waals surface area contributed by atoms with Gasteiger partial charge in [0.05, 0.1) is 11.3 Å². The maximum absolute atomic E-state index is 12.2. The Morgan fingerprint density at radius 1 is 1.50 bits per heavy atom. The third-order valence-corrected chi connectivity index (χ3v) is 4.46. The van der Waals surface area contributed by atoms with Gasteiger partial charge in [0.1, 0.15) is 11.2 Å². The number of amides is 1. The first kappa shape index (κ1) is 13.2. The van der Waals surface area contributed by atoms with E-state index in [1.807, 2.05) is 5.38 Å². The number of aromatic nitrogens is 4. The Labute approximate surface area is 119 Å². The van der Waals surface area contributed by atoms with E-state index in [1.165, 1.54) is 22.3 Å². The molecule has 106 valence electrons. The van der Waals surface area contributed by atoms with Crippen LogP contribution in [-0.2, 0) is 0 Å². The lowest BCUT2D eigenvalue weighted by molar-refractivity contribution is 0.0450. The third kappa shape index (κ3) is 2.56. The Kier molecular flexibility index (Phi) is 3.49. The normalized spacial score (nSPS) is 17.2. The molecule has 20 heavy (non-hydrogen) atoms. The van der Waals surface area contributed by atoms with E-state index in [1.54, 1.807) is 6.07 Å². The van der Waals surface area contributed by atoms with Crippen molar-refractivity contribution in [2.45, 2.75) is 31.3 Å². The molecule has 1 aliphatic carbocycles. The molecule has 2 heterocycles. The molecular weight excluding hydrogens is 278 g/mol. The van der Waals surface area contributed by atoms with E-state index in [0.29, 0.717) is 17.1 Å². The first-order valence-electron chi connectivity index (χ1n) is 6.49. The Morgan fingerprint density at radius 2 is 2.30 bits per heavy atom. The molecule has 0 saturated heterocycles. The maximum atomic E-state index is 12.2. The van der Waals surface area contributed by atoms with E-state index in [0.717, 1.165) is 25.7 Å². The first-order valence-corrected chi connectivity index (χ1v) is 7.37. The minimum Gasteiger partial charge on any atom is -0.388 e. The molecule has 1 amide bonds. The standard InChI is InChI=1S/C12H15N5O2S/c18-11(13-7-12(19)4-1-2-5-12)10-9(3-6-20-10)17-8-14-15-16-17/h3,6,8,19H,1-2,4-5,7H2,(H,13,18). The van der Waals surface area contributed by atoms with Gasteiger partial charge in [0.25, 0.3) is 5.91 Å². The number of hydrogen-bond acceptors (Lipinski definition) is 6. The molecule has 0 atom stereocenters. The van der Waals surface area contributed by atoms with E-state index >= 15 is 0 Å². The van der Waals surface area contributed by atoms with Gasteiger partial charge < -0.3 is 10.4 Å². The van der Waals surface area contributed by atoms with Crippen molar-refractivity contribution in [1.82, 2.24) is 25.5 Å². The van der Waals surface area contributed by atoms with Crippen molar-refractivity contribution in [3.63, 3.8) is 0 Å². The molecule has 7 nitrogen and oxygen atoms in total. The summed E-state index contributed by atoms with van der Waals surface area (Å²) >= 11 is 1.33. The minimum absolute atomic E-state index is 0.203. The van der Waals surface area contributed by atoms with Crippen molar-refractivity contribution in [1.29, 1.82) is 0 Å². The highest BCUT2D eigenvalue weighted by Gasteiger charge is 2.31. The molecule has 1 saturated carbocycles. The van der Waals surface area contributed by atoms with Crippen molar-refractivity contribution in [2.75, 3.05) is 6.54 Å². The number of tetrazole rings is 1. The zero-order valence-electron chi connectivity index (χ0n) is 10.8. The third-order valence-electron chi connectivity index (χ3n) is 3.56. The van der Waals surface area contributed by atoms with Gasteiger partial charge in [-0.2, -0.15) is 4.68 Å². The monoisotopic (exact) mass is 293 g/mol. The summed E-state index contributed by atoms with van der Waals surface area (Å²) in [6.07, 6.45) is 4.97. The predicted octanol–water partition coefficient (Wildman–Crippen LogP) is 0.759. The van der Waals surface area contributed by atoms with Crippen LogP contribution < -0.4 is 5.32 Å². The lowest BCUT2D eigenvalue weighted by Gasteiger charge is -2.22. The first-order chi connectivity index (χ1) is 9.68. The molecule has 2 aromatic rings. The topological polar surface area (TPSA) is 92.9 Å². The second-order valence-electron chi connectivity index (χ2n) is 5.00. The summed E-state index contributed by atoms with van der Waals surface area (Å²) in [5.41, 5.74) is -0.0991. The van der Waals surface area contributed by atoms with Crippen LogP contribution >= 0.6 is 11.3 Å².